The van der Waals surface area contributed by atoms with Gasteiger partial charge in [0.2, 0.25) is 0 Å². The number of halogens is 1. The van der Waals surface area contributed by atoms with Crippen LogP contribution < -0.4 is 5.32 Å². The monoisotopic (exact) mass is 562 g/mol. The van der Waals surface area contributed by atoms with Crippen molar-refractivity contribution >= 4 is 29.9 Å². The number of hydrogen-bond donors (Lipinski definition) is 1. The minimum absolute atomic E-state index is 0. The van der Waals surface area contributed by atoms with E-state index in [1.165, 1.54) is 11.1 Å². The van der Waals surface area contributed by atoms with Crippen LogP contribution in [-0.4, -0.2) is 52.5 Å². The van der Waals surface area contributed by atoms with Crippen LogP contribution in [0.2, 0.25) is 0 Å². The van der Waals surface area contributed by atoms with Crippen LogP contribution in [0.5, 0.6) is 0 Å². The van der Waals surface area contributed by atoms with Gasteiger partial charge in [0.05, 0.1) is 25.2 Å². The number of piperidine rings is 1. The Morgan fingerprint density at radius 2 is 2.03 bits per heavy atom. The standard InChI is InChI=1S/C25H34N6O.HI/c1-20-10-12-30(18-24(20)31-13-11-27-19-31)25(26-2)28-15-21-7-4-5-8-22(21)16-29(3)17-23-9-6-14-32-23;/h4-9,11,13-14,19-20,24H,10,12,15-18H2,1-3H3,(H,26,28);1H. The fraction of sp³-hybridized carbons (Fsp3) is 0.440. The Balaban J connectivity index is 0.00000306. The first-order chi connectivity index (χ1) is 15.6. The van der Waals surface area contributed by atoms with Crippen molar-refractivity contribution in [1.29, 1.82) is 0 Å². The summed E-state index contributed by atoms with van der Waals surface area (Å²) in [4.78, 5) is 13.5. The number of furan rings is 1. The first-order valence-corrected chi connectivity index (χ1v) is 11.3. The fourth-order valence-electron chi connectivity index (χ4n) is 4.50. The normalized spacial score (nSPS) is 18.9. The van der Waals surface area contributed by atoms with E-state index in [-0.39, 0.29) is 24.0 Å². The van der Waals surface area contributed by atoms with E-state index in [0.29, 0.717) is 12.0 Å². The van der Waals surface area contributed by atoms with E-state index in [9.17, 15) is 0 Å². The molecule has 0 aliphatic carbocycles. The molecule has 1 saturated heterocycles. The Morgan fingerprint density at radius 3 is 2.73 bits per heavy atom. The Labute approximate surface area is 213 Å². The van der Waals surface area contributed by atoms with Crippen molar-refractivity contribution in [2.75, 3.05) is 27.2 Å². The molecule has 3 aromatic rings. The van der Waals surface area contributed by atoms with Gasteiger partial charge < -0.3 is 19.2 Å². The Hall–Kier alpha value is -2.33. The number of nitrogens with one attached hydrogen (secondary N) is 1. The third-order valence-corrected chi connectivity index (χ3v) is 6.34. The number of hydrogen-bond acceptors (Lipinski definition) is 4. The summed E-state index contributed by atoms with van der Waals surface area (Å²) < 4.78 is 7.73. The molecule has 2 atom stereocenters. The van der Waals surface area contributed by atoms with Gasteiger partial charge >= 0.3 is 0 Å². The molecule has 8 heteroatoms. The molecule has 178 valence electrons. The van der Waals surface area contributed by atoms with Crippen LogP contribution in [0, 0.1) is 5.92 Å². The molecule has 2 aromatic heterocycles. The number of nitrogens with zero attached hydrogens (tertiary/aromatic N) is 5. The third kappa shape index (κ3) is 6.60. The third-order valence-electron chi connectivity index (χ3n) is 6.34. The number of rotatable bonds is 7. The number of likely N-dealkylation sites (tertiary alicyclic amines) is 1. The van der Waals surface area contributed by atoms with E-state index >= 15 is 0 Å². The number of aliphatic imine (C=N–C) groups is 1. The van der Waals surface area contributed by atoms with Gasteiger partial charge in [0.25, 0.3) is 0 Å². The van der Waals surface area contributed by atoms with Crippen molar-refractivity contribution in [3.63, 3.8) is 0 Å². The summed E-state index contributed by atoms with van der Waals surface area (Å²) in [7, 11) is 3.99. The van der Waals surface area contributed by atoms with Crippen molar-refractivity contribution in [1.82, 2.24) is 24.7 Å². The molecule has 1 aliphatic rings. The van der Waals surface area contributed by atoms with Crippen LogP contribution in [0.4, 0.5) is 0 Å². The van der Waals surface area contributed by atoms with Gasteiger partial charge in [-0.3, -0.25) is 9.89 Å². The minimum atomic E-state index is 0. The molecule has 0 amide bonds. The van der Waals surface area contributed by atoms with Gasteiger partial charge in [0.1, 0.15) is 5.76 Å². The molecular formula is C25H35IN6O. The molecule has 33 heavy (non-hydrogen) atoms. The van der Waals surface area contributed by atoms with Gasteiger partial charge in [-0.15, -0.1) is 24.0 Å². The van der Waals surface area contributed by atoms with Gasteiger partial charge in [-0.05, 0) is 42.6 Å². The van der Waals surface area contributed by atoms with E-state index in [0.717, 1.165) is 50.9 Å². The van der Waals surface area contributed by atoms with Crippen LogP contribution >= 0.6 is 24.0 Å². The lowest BCUT2D eigenvalue weighted by molar-refractivity contribution is 0.189. The number of guanidine groups is 1. The molecule has 0 spiro atoms. The van der Waals surface area contributed by atoms with Crippen molar-refractivity contribution in [3.05, 3.63) is 78.3 Å². The second-order valence-electron chi connectivity index (χ2n) is 8.71. The molecule has 0 radical (unpaired) electrons. The first-order valence-electron chi connectivity index (χ1n) is 11.3. The molecule has 1 N–H and O–H groups in total. The maximum Gasteiger partial charge on any atom is 0.193 e. The second-order valence-corrected chi connectivity index (χ2v) is 8.71. The predicted octanol–water partition coefficient (Wildman–Crippen LogP) is 4.38. The summed E-state index contributed by atoms with van der Waals surface area (Å²) in [5.41, 5.74) is 2.60. The number of imidazole rings is 1. The smallest absolute Gasteiger partial charge is 0.193 e. The minimum Gasteiger partial charge on any atom is -0.468 e. The molecule has 1 aromatic carbocycles. The van der Waals surface area contributed by atoms with Gasteiger partial charge in [-0.25, -0.2) is 4.98 Å². The summed E-state index contributed by atoms with van der Waals surface area (Å²) in [6, 6.07) is 13.0. The number of benzene rings is 1. The van der Waals surface area contributed by atoms with Gasteiger partial charge in [0, 0.05) is 45.6 Å². The molecule has 0 bridgehead atoms. The van der Waals surface area contributed by atoms with Crippen LogP contribution in [0.15, 0.2) is 70.8 Å². The summed E-state index contributed by atoms with van der Waals surface area (Å²) in [6.07, 6.45) is 8.72. The quantitative estimate of drug-likeness (QED) is 0.263. The maximum absolute atomic E-state index is 5.49. The lowest BCUT2D eigenvalue weighted by atomic mass is 9.93. The molecule has 4 rings (SSSR count). The zero-order valence-electron chi connectivity index (χ0n) is 19.7. The van der Waals surface area contributed by atoms with E-state index in [1.54, 1.807) is 6.26 Å². The SMILES string of the molecule is CN=C(NCc1ccccc1CN(C)Cc1ccco1)N1CCC(C)C(n2ccnc2)C1.I. The Morgan fingerprint density at radius 1 is 1.21 bits per heavy atom. The largest absolute Gasteiger partial charge is 0.468 e. The molecule has 7 nitrogen and oxygen atoms in total. The van der Waals surface area contributed by atoms with Crippen molar-refractivity contribution in [3.8, 4) is 0 Å². The molecule has 1 aliphatic heterocycles. The molecule has 0 saturated carbocycles. The predicted molar refractivity (Wildman–Crippen MR) is 143 cm³/mol. The summed E-state index contributed by atoms with van der Waals surface area (Å²) in [5, 5.41) is 3.61. The van der Waals surface area contributed by atoms with Gasteiger partial charge in [-0.1, -0.05) is 31.2 Å². The Bertz CT molecular complexity index is 988. The van der Waals surface area contributed by atoms with E-state index in [1.807, 2.05) is 31.7 Å². The summed E-state index contributed by atoms with van der Waals surface area (Å²) >= 11 is 0. The molecule has 3 heterocycles. The van der Waals surface area contributed by atoms with Crippen LogP contribution in [0.25, 0.3) is 0 Å². The highest BCUT2D eigenvalue weighted by atomic mass is 127. The van der Waals surface area contributed by atoms with E-state index in [2.05, 4.69) is 74.1 Å². The average Bonchev–Trinajstić information content (AvgIpc) is 3.50. The molecular weight excluding hydrogens is 527 g/mol. The Kier molecular flexibility index (Phi) is 9.37. The summed E-state index contributed by atoms with van der Waals surface area (Å²) in [6.45, 7) is 6.68. The van der Waals surface area contributed by atoms with E-state index in [4.69, 9.17) is 4.42 Å². The highest BCUT2D eigenvalue weighted by molar-refractivity contribution is 14.0. The van der Waals surface area contributed by atoms with Crippen molar-refractivity contribution < 1.29 is 4.42 Å². The van der Waals surface area contributed by atoms with Crippen LogP contribution in [0.1, 0.15) is 36.3 Å². The zero-order valence-corrected chi connectivity index (χ0v) is 22.1. The highest BCUT2D eigenvalue weighted by Crippen LogP contribution is 2.27. The first kappa shape index (κ1) is 25.3. The van der Waals surface area contributed by atoms with Crippen molar-refractivity contribution in [2.24, 2.45) is 10.9 Å². The van der Waals surface area contributed by atoms with Crippen molar-refractivity contribution in [2.45, 2.75) is 39.0 Å². The van der Waals surface area contributed by atoms with Gasteiger partial charge in [0.15, 0.2) is 5.96 Å². The van der Waals surface area contributed by atoms with Gasteiger partial charge in [-0.2, -0.15) is 0 Å². The van der Waals surface area contributed by atoms with Crippen LogP contribution in [-0.2, 0) is 19.6 Å². The van der Waals surface area contributed by atoms with E-state index < -0.39 is 0 Å². The summed E-state index contributed by atoms with van der Waals surface area (Å²) in [5.74, 6) is 2.56. The lowest BCUT2D eigenvalue weighted by Crippen LogP contribution is -2.48. The molecule has 2 unspecified atom stereocenters. The lowest BCUT2D eigenvalue weighted by Gasteiger charge is -2.39. The van der Waals surface area contributed by atoms with Crippen LogP contribution in [0.3, 0.4) is 0 Å². The average molecular weight is 563 g/mol. The number of aromatic nitrogens is 2. The fourth-order valence-corrected chi connectivity index (χ4v) is 4.50. The topological polar surface area (TPSA) is 61.8 Å². The second kappa shape index (κ2) is 12.2. The maximum atomic E-state index is 5.49. The highest BCUT2D eigenvalue weighted by Gasteiger charge is 2.28. The zero-order chi connectivity index (χ0) is 22.3. The molecule has 1 fully saturated rings.